The highest BCUT2D eigenvalue weighted by Gasteiger charge is 2.18. The number of sulfonamides is 1. The van der Waals surface area contributed by atoms with Crippen molar-refractivity contribution in [2.75, 3.05) is 11.8 Å². The number of hydrogen-bond acceptors (Lipinski definition) is 3. The van der Waals surface area contributed by atoms with Crippen LogP contribution in [0.5, 0.6) is 0 Å². The van der Waals surface area contributed by atoms with Crippen LogP contribution in [0.15, 0.2) is 53.4 Å². The number of para-hydroxylation sites is 1. The third kappa shape index (κ3) is 3.43. The van der Waals surface area contributed by atoms with E-state index in [-0.39, 0.29) is 6.04 Å². The molecule has 1 atom stereocenters. The highest BCUT2D eigenvalue weighted by molar-refractivity contribution is 7.92. The number of aryl methyl sites for hydroxylation is 1. The van der Waals surface area contributed by atoms with Crippen LogP contribution in [0, 0.1) is 6.92 Å². The Hall–Kier alpha value is -1.85. The average molecular weight is 304 g/mol. The zero-order valence-electron chi connectivity index (χ0n) is 12.4. The average Bonchev–Trinajstić information content (AvgIpc) is 2.47. The molecule has 0 aliphatic heterocycles. The van der Waals surface area contributed by atoms with Gasteiger partial charge < -0.3 is 5.32 Å². The molecule has 4 nitrogen and oxygen atoms in total. The fraction of sp³-hybridized carbons (Fsp3) is 0.250. The lowest BCUT2D eigenvalue weighted by Crippen LogP contribution is -2.19. The van der Waals surface area contributed by atoms with Crippen molar-refractivity contribution in [2.24, 2.45) is 0 Å². The molecule has 2 aromatic rings. The lowest BCUT2D eigenvalue weighted by molar-refractivity contribution is 0.600. The van der Waals surface area contributed by atoms with Gasteiger partial charge in [0.2, 0.25) is 0 Å². The van der Waals surface area contributed by atoms with Gasteiger partial charge in [-0.3, -0.25) is 4.72 Å². The molecule has 0 saturated heterocycles. The van der Waals surface area contributed by atoms with Gasteiger partial charge in [-0.15, -0.1) is 0 Å². The minimum Gasteiger partial charge on any atom is -0.313 e. The van der Waals surface area contributed by atoms with Crippen molar-refractivity contribution in [1.29, 1.82) is 0 Å². The summed E-state index contributed by atoms with van der Waals surface area (Å²) in [4.78, 5) is 0.303. The zero-order chi connectivity index (χ0) is 15.5. The summed E-state index contributed by atoms with van der Waals surface area (Å²) in [6.07, 6.45) is 0. The Morgan fingerprint density at radius 2 is 1.62 bits per heavy atom. The van der Waals surface area contributed by atoms with Gasteiger partial charge in [-0.1, -0.05) is 36.4 Å². The van der Waals surface area contributed by atoms with Crippen molar-refractivity contribution in [3.05, 3.63) is 59.7 Å². The fourth-order valence-corrected chi connectivity index (χ4v) is 3.52. The summed E-state index contributed by atoms with van der Waals surface area (Å²) in [5, 5.41) is 3.12. The monoisotopic (exact) mass is 304 g/mol. The van der Waals surface area contributed by atoms with Crippen LogP contribution in [-0.4, -0.2) is 15.5 Å². The van der Waals surface area contributed by atoms with Crippen LogP contribution in [0.3, 0.4) is 0 Å². The summed E-state index contributed by atoms with van der Waals surface area (Å²) in [5.41, 5.74) is 2.24. The van der Waals surface area contributed by atoms with E-state index in [4.69, 9.17) is 0 Å². The molecule has 0 heterocycles. The Bertz CT molecular complexity index is 727. The van der Waals surface area contributed by atoms with E-state index in [1.807, 2.05) is 38.2 Å². The first-order chi connectivity index (χ1) is 9.95. The molecular formula is C16H20N2O2S. The molecule has 0 aliphatic rings. The summed E-state index contributed by atoms with van der Waals surface area (Å²) in [6.45, 7) is 3.78. The smallest absolute Gasteiger partial charge is 0.262 e. The maximum Gasteiger partial charge on any atom is 0.262 e. The Balaban J connectivity index is 2.41. The number of anilines is 1. The lowest BCUT2D eigenvalue weighted by Gasteiger charge is -2.17. The minimum absolute atomic E-state index is 0.0563. The van der Waals surface area contributed by atoms with Gasteiger partial charge >= 0.3 is 0 Å². The summed E-state index contributed by atoms with van der Waals surface area (Å²) in [5.74, 6) is 0. The Morgan fingerprint density at radius 3 is 2.29 bits per heavy atom. The van der Waals surface area contributed by atoms with Gasteiger partial charge in [0.25, 0.3) is 10.0 Å². The third-order valence-corrected chi connectivity index (χ3v) is 5.01. The molecule has 2 N–H and O–H groups in total. The van der Waals surface area contributed by atoms with E-state index in [0.29, 0.717) is 10.6 Å². The van der Waals surface area contributed by atoms with Gasteiger partial charge in [-0.05, 0) is 44.2 Å². The van der Waals surface area contributed by atoms with Crippen LogP contribution in [0.25, 0.3) is 0 Å². The topological polar surface area (TPSA) is 58.2 Å². The van der Waals surface area contributed by atoms with Crippen LogP contribution >= 0.6 is 0 Å². The van der Waals surface area contributed by atoms with E-state index in [0.717, 1.165) is 11.1 Å². The van der Waals surface area contributed by atoms with E-state index >= 15 is 0 Å². The van der Waals surface area contributed by atoms with Crippen LogP contribution in [-0.2, 0) is 10.0 Å². The third-order valence-electron chi connectivity index (χ3n) is 3.49. The van der Waals surface area contributed by atoms with E-state index in [1.54, 1.807) is 31.2 Å². The number of hydrogen-bond donors (Lipinski definition) is 2. The molecular weight excluding hydrogens is 284 g/mol. The quantitative estimate of drug-likeness (QED) is 0.892. The Morgan fingerprint density at radius 1 is 1.00 bits per heavy atom. The van der Waals surface area contributed by atoms with Gasteiger partial charge in [0.1, 0.15) is 0 Å². The number of benzene rings is 2. The predicted molar refractivity (Wildman–Crippen MR) is 85.9 cm³/mol. The molecule has 0 bridgehead atoms. The lowest BCUT2D eigenvalue weighted by atomic mass is 10.1. The van der Waals surface area contributed by atoms with E-state index in [1.165, 1.54) is 0 Å². The second-order valence-corrected chi connectivity index (χ2v) is 6.62. The summed E-state index contributed by atoms with van der Waals surface area (Å²) >= 11 is 0. The molecule has 0 radical (unpaired) electrons. The van der Waals surface area contributed by atoms with E-state index in [2.05, 4.69) is 10.0 Å². The van der Waals surface area contributed by atoms with Crippen molar-refractivity contribution >= 4 is 15.7 Å². The highest BCUT2D eigenvalue weighted by atomic mass is 32.2. The van der Waals surface area contributed by atoms with E-state index in [9.17, 15) is 8.42 Å². The molecule has 0 aromatic heterocycles. The highest BCUT2D eigenvalue weighted by Crippen LogP contribution is 2.25. The number of nitrogens with one attached hydrogen (secondary N) is 2. The molecule has 21 heavy (non-hydrogen) atoms. The number of rotatable bonds is 5. The van der Waals surface area contributed by atoms with Crippen molar-refractivity contribution in [3.63, 3.8) is 0 Å². The predicted octanol–water partition coefficient (Wildman–Crippen LogP) is 3.08. The second kappa shape index (κ2) is 6.28. The van der Waals surface area contributed by atoms with Crippen LogP contribution in [0.4, 0.5) is 5.69 Å². The molecule has 0 aliphatic carbocycles. The summed E-state index contributed by atoms with van der Waals surface area (Å²) < 4.78 is 27.8. The van der Waals surface area contributed by atoms with Crippen LogP contribution in [0.1, 0.15) is 24.1 Å². The largest absolute Gasteiger partial charge is 0.313 e. The maximum absolute atomic E-state index is 12.6. The maximum atomic E-state index is 12.6. The van der Waals surface area contributed by atoms with Crippen molar-refractivity contribution in [3.8, 4) is 0 Å². The fourth-order valence-electron chi connectivity index (χ4n) is 2.18. The van der Waals surface area contributed by atoms with Gasteiger partial charge in [-0.2, -0.15) is 0 Å². The van der Waals surface area contributed by atoms with Gasteiger partial charge in [0, 0.05) is 6.04 Å². The minimum atomic E-state index is -3.59. The molecule has 0 spiro atoms. The summed E-state index contributed by atoms with van der Waals surface area (Å²) in [6, 6.07) is 14.4. The first-order valence-corrected chi connectivity index (χ1v) is 8.28. The first kappa shape index (κ1) is 15.5. The zero-order valence-corrected chi connectivity index (χ0v) is 13.2. The molecule has 5 heteroatoms. The first-order valence-electron chi connectivity index (χ1n) is 6.80. The van der Waals surface area contributed by atoms with Crippen molar-refractivity contribution in [2.45, 2.75) is 24.8 Å². The van der Waals surface area contributed by atoms with Gasteiger partial charge in [0.15, 0.2) is 0 Å². The molecule has 0 amide bonds. The van der Waals surface area contributed by atoms with Crippen molar-refractivity contribution in [1.82, 2.24) is 5.32 Å². The van der Waals surface area contributed by atoms with Crippen molar-refractivity contribution < 1.29 is 8.42 Å². The molecule has 112 valence electrons. The van der Waals surface area contributed by atoms with Crippen LogP contribution < -0.4 is 10.0 Å². The summed E-state index contributed by atoms with van der Waals surface area (Å²) in [7, 11) is -1.74. The Labute approximate surface area is 126 Å². The van der Waals surface area contributed by atoms with E-state index < -0.39 is 10.0 Å². The standard InChI is InChI=1S/C16H20N2O2S/c1-12-8-4-7-11-16(12)21(19,20)18-15-10-6-5-9-14(15)13(2)17-3/h4-11,13,17-18H,1-3H3. The van der Waals surface area contributed by atoms with Gasteiger partial charge in [0.05, 0.1) is 10.6 Å². The second-order valence-electron chi connectivity index (χ2n) is 4.97. The molecule has 1 unspecified atom stereocenters. The molecule has 2 rings (SSSR count). The Kier molecular flexibility index (Phi) is 4.65. The molecule has 2 aromatic carbocycles. The molecule has 0 saturated carbocycles. The normalized spacial score (nSPS) is 12.9. The van der Waals surface area contributed by atoms with Crippen LogP contribution in [0.2, 0.25) is 0 Å². The molecule has 0 fully saturated rings. The van der Waals surface area contributed by atoms with Gasteiger partial charge in [-0.25, -0.2) is 8.42 Å². The SMILES string of the molecule is CNC(C)c1ccccc1NS(=O)(=O)c1ccccc1C.